The normalized spacial score (nSPS) is 10.5. The number of carbonyl (C=O) groups excluding carboxylic acids is 1. The van der Waals surface area contributed by atoms with E-state index in [-0.39, 0.29) is 12.6 Å². The number of hydrogen-bond donors (Lipinski definition) is 1. The maximum Gasteiger partial charge on any atom is 0.305 e. The van der Waals surface area contributed by atoms with Crippen LogP contribution in [0.15, 0.2) is 0 Å². The van der Waals surface area contributed by atoms with E-state index in [9.17, 15) is 4.79 Å². The highest BCUT2D eigenvalue weighted by molar-refractivity contribution is 5.69. The smallest absolute Gasteiger partial charge is 0.305 e. The van der Waals surface area contributed by atoms with E-state index in [4.69, 9.17) is 9.84 Å². The monoisotopic (exact) mass is 188 g/mol. The van der Waals surface area contributed by atoms with Crippen LogP contribution < -0.4 is 0 Å². The molecule has 0 saturated carbocycles. The second-order valence-electron chi connectivity index (χ2n) is 3.58. The standard InChI is InChI=1S/C10H20O3/c1-9(2)5-6-10(12)13-8-4-3-7-11/h9,11H,3-8H2,1-2H3. The van der Waals surface area contributed by atoms with Gasteiger partial charge in [-0.3, -0.25) is 4.79 Å². The Bertz CT molecular complexity index is 132. The summed E-state index contributed by atoms with van der Waals surface area (Å²) in [4.78, 5) is 11.0. The molecule has 0 atom stereocenters. The van der Waals surface area contributed by atoms with Crippen molar-refractivity contribution < 1.29 is 14.6 Å². The van der Waals surface area contributed by atoms with Crippen LogP contribution in [0.4, 0.5) is 0 Å². The van der Waals surface area contributed by atoms with Crippen molar-refractivity contribution in [1.82, 2.24) is 0 Å². The molecule has 0 heterocycles. The van der Waals surface area contributed by atoms with Crippen LogP contribution >= 0.6 is 0 Å². The van der Waals surface area contributed by atoms with E-state index in [1.54, 1.807) is 0 Å². The van der Waals surface area contributed by atoms with Gasteiger partial charge in [-0.05, 0) is 25.2 Å². The number of unbranched alkanes of at least 4 members (excludes halogenated alkanes) is 1. The molecule has 0 bridgehead atoms. The van der Waals surface area contributed by atoms with E-state index < -0.39 is 0 Å². The summed E-state index contributed by atoms with van der Waals surface area (Å²) in [5, 5.41) is 8.47. The zero-order valence-electron chi connectivity index (χ0n) is 8.58. The average Bonchev–Trinajstić information content (AvgIpc) is 2.09. The van der Waals surface area contributed by atoms with Crippen molar-refractivity contribution in [2.24, 2.45) is 5.92 Å². The maximum atomic E-state index is 11.0. The van der Waals surface area contributed by atoms with Gasteiger partial charge in [-0.15, -0.1) is 0 Å². The van der Waals surface area contributed by atoms with E-state index in [2.05, 4.69) is 13.8 Å². The number of aliphatic hydroxyl groups is 1. The summed E-state index contributed by atoms with van der Waals surface area (Å²) in [5.74, 6) is 0.427. The fourth-order valence-electron chi connectivity index (χ4n) is 0.879. The SMILES string of the molecule is CC(C)CCC(=O)OCCCCO. The Morgan fingerprint density at radius 2 is 2.08 bits per heavy atom. The van der Waals surface area contributed by atoms with Gasteiger partial charge in [-0.1, -0.05) is 13.8 Å². The van der Waals surface area contributed by atoms with Crippen LogP contribution in [0.25, 0.3) is 0 Å². The minimum atomic E-state index is -0.119. The Morgan fingerprint density at radius 1 is 1.38 bits per heavy atom. The van der Waals surface area contributed by atoms with Gasteiger partial charge in [0.15, 0.2) is 0 Å². The van der Waals surface area contributed by atoms with E-state index >= 15 is 0 Å². The van der Waals surface area contributed by atoms with Crippen molar-refractivity contribution in [1.29, 1.82) is 0 Å². The van der Waals surface area contributed by atoms with Crippen molar-refractivity contribution in [3.63, 3.8) is 0 Å². The van der Waals surface area contributed by atoms with Crippen LogP contribution in [0.2, 0.25) is 0 Å². The second-order valence-corrected chi connectivity index (χ2v) is 3.58. The first-order valence-electron chi connectivity index (χ1n) is 4.93. The van der Waals surface area contributed by atoms with E-state index in [0.29, 0.717) is 25.4 Å². The van der Waals surface area contributed by atoms with E-state index in [0.717, 1.165) is 12.8 Å². The lowest BCUT2D eigenvalue weighted by Gasteiger charge is -2.05. The van der Waals surface area contributed by atoms with Crippen molar-refractivity contribution in [3.05, 3.63) is 0 Å². The van der Waals surface area contributed by atoms with Crippen LogP contribution in [-0.4, -0.2) is 24.3 Å². The van der Waals surface area contributed by atoms with E-state index in [1.165, 1.54) is 0 Å². The zero-order valence-corrected chi connectivity index (χ0v) is 8.58. The van der Waals surface area contributed by atoms with Gasteiger partial charge in [-0.2, -0.15) is 0 Å². The lowest BCUT2D eigenvalue weighted by Crippen LogP contribution is -2.07. The molecule has 3 heteroatoms. The number of ether oxygens (including phenoxy) is 1. The molecule has 0 amide bonds. The highest BCUT2D eigenvalue weighted by Gasteiger charge is 2.03. The molecule has 0 aromatic heterocycles. The molecule has 0 rings (SSSR count). The van der Waals surface area contributed by atoms with E-state index in [1.807, 2.05) is 0 Å². The lowest BCUT2D eigenvalue weighted by molar-refractivity contribution is -0.144. The van der Waals surface area contributed by atoms with Gasteiger partial charge in [0.2, 0.25) is 0 Å². The molecular weight excluding hydrogens is 168 g/mol. The first kappa shape index (κ1) is 12.4. The topological polar surface area (TPSA) is 46.5 Å². The van der Waals surface area contributed by atoms with Crippen molar-refractivity contribution in [3.8, 4) is 0 Å². The molecule has 0 aliphatic heterocycles. The molecule has 3 nitrogen and oxygen atoms in total. The molecule has 1 N–H and O–H groups in total. The molecule has 0 aromatic carbocycles. The maximum absolute atomic E-state index is 11.0. The molecule has 0 aliphatic carbocycles. The Morgan fingerprint density at radius 3 is 2.62 bits per heavy atom. The molecule has 13 heavy (non-hydrogen) atoms. The summed E-state index contributed by atoms with van der Waals surface area (Å²) < 4.78 is 4.94. The van der Waals surface area contributed by atoms with Crippen molar-refractivity contribution in [2.75, 3.05) is 13.2 Å². The minimum Gasteiger partial charge on any atom is -0.466 e. The van der Waals surface area contributed by atoms with Gasteiger partial charge in [0.05, 0.1) is 6.61 Å². The summed E-state index contributed by atoms with van der Waals surface area (Å²) in [7, 11) is 0. The second kappa shape index (κ2) is 8.05. The zero-order chi connectivity index (χ0) is 10.1. The molecule has 0 saturated heterocycles. The van der Waals surface area contributed by atoms with Gasteiger partial charge in [0.25, 0.3) is 0 Å². The molecule has 0 unspecified atom stereocenters. The third kappa shape index (κ3) is 9.34. The molecule has 0 fully saturated rings. The van der Waals surface area contributed by atoms with Crippen LogP contribution in [0, 0.1) is 5.92 Å². The summed E-state index contributed by atoms with van der Waals surface area (Å²) >= 11 is 0. The summed E-state index contributed by atoms with van der Waals surface area (Å²) in [6, 6.07) is 0. The largest absolute Gasteiger partial charge is 0.466 e. The van der Waals surface area contributed by atoms with Crippen LogP contribution in [0.1, 0.15) is 39.5 Å². The molecule has 0 spiro atoms. The predicted octanol–water partition coefficient (Wildman–Crippen LogP) is 1.74. The molecule has 78 valence electrons. The molecule has 0 aliphatic rings. The Kier molecular flexibility index (Phi) is 7.69. The first-order chi connectivity index (χ1) is 6.16. The Balaban J connectivity index is 3.20. The van der Waals surface area contributed by atoms with Crippen molar-refractivity contribution in [2.45, 2.75) is 39.5 Å². The minimum absolute atomic E-state index is 0.119. The Hall–Kier alpha value is -0.570. The molecule has 0 radical (unpaired) electrons. The third-order valence-corrected chi connectivity index (χ3v) is 1.74. The lowest BCUT2D eigenvalue weighted by atomic mass is 10.1. The summed E-state index contributed by atoms with van der Waals surface area (Å²) in [5.41, 5.74) is 0. The number of esters is 1. The fourth-order valence-corrected chi connectivity index (χ4v) is 0.879. The van der Waals surface area contributed by atoms with Gasteiger partial charge >= 0.3 is 5.97 Å². The molecule has 0 aromatic rings. The number of carbonyl (C=O) groups is 1. The van der Waals surface area contributed by atoms with Crippen molar-refractivity contribution >= 4 is 5.97 Å². The Labute approximate surface area is 80.1 Å². The van der Waals surface area contributed by atoms with Crippen LogP contribution in [0.3, 0.4) is 0 Å². The highest BCUT2D eigenvalue weighted by Crippen LogP contribution is 2.04. The average molecular weight is 188 g/mol. The predicted molar refractivity (Wildman–Crippen MR) is 51.4 cm³/mol. The van der Waals surface area contributed by atoms with Gasteiger partial charge in [0.1, 0.15) is 0 Å². The highest BCUT2D eigenvalue weighted by atomic mass is 16.5. The molecular formula is C10H20O3. The number of aliphatic hydroxyl groups excluding tert-OH is 1. The van der Waals surface area contributed by atoms with Crippen LogP contribution in [0.5, 0.6) is 0 Å². The van der Waals surface area contributed by atoms with Gasteiger partial charge in [-0.25, -0.2) is 0 Å². The quantitative estimate of drug-likeness (QED) is 0.489. The number of rotatable bonds is 7. The summed E-state index contributed by atoms with van der Waals surface area (Å²) in [6.07, 6.45) is 2.86. The fraction of sp³-hybridized carbons (Fsp3) is 0.900. The van der Waals surface area contributed by atoms with Gasteiger partial charge < -0.3 is 9.84 Å². The van der Waals surface area contributed by atoms with Crippen LogP contribution in [-0.2, 0) is 9.53 Å². The first-order valence-corrected chi connectivity index (χ1v) is 4.93. The van der Waals surface area contributed by atoms with Gasteiger partial charge in [0, 0.05) is 13.0 Å². The third-order valence-electron chi connectivity index (χ3n) is 1.74. The number of hydrogen-bond acceptors (Lipinski definition) is 3. The summed E-state index contributed by atoms with van der Waals surface area (Å²) in [6.45, 7) is 4.78.